The Hall–Kier alpha value is -1.66. The van der Waals surface area contributed by atoms with Crippen molar-refractivity contribution >= 4 is 11.9 Å². The molecule has 1 saturated heterocycles. The quantitative estimate of drug-likeness (QED) is 0.575. The summed E-state index contributed by atoms with van der Waals surface area (Å²) in [5.74, 6) is -2.10. The van der Waals surface area contributed by atoms with Gasteiger partial charge in [0.1, 0.15) is 12.7 Å². The SMILES string of the molecule is C=C1[C@H]2[C@H]3OC(=O)[C@](O)(COC(C)=O)[C@@H]3CCC(=C)[C@H]2C[C@H]1O. The number of aliphatic hydroxyl groups is 2. The maximum absolute atomic E-state index is 12.3. The van der Waals surface area contributed by atoms with E-state index in [-0.39, 0.29) is 11.8 Å². The van der Waals surface area contributed by atoms with E-state index >= 15 is 0 Å². The van der Waals surface area contributed by atoms with Gasteiger partial charge in [0.05, 0.1) is 6.10 Å². The molecule has 6 atom stereocenters. The fraction of sp³-hybridized carbons (Fsp3) is 0.647. The van der Waals surface area contributed by atoms with E-state index < -0.39 is 42.3 Å². The molecule has 0 aromatic rings. The summed E-state index contributed by atoms with van der Waals surface area (Å²) in [6.07, 6.45) is 0.439. The summed E-state index contributed by atoms with van der Waals surface area (Å²) in [6, 6.07) is 0. The van der Waals surface area contributed by atoms with Crippen LogP contribution < -0.4 is 0 Å². The van der Waals surface area contributed by atoms with Crippen LogP contribution in [0.1, 0.15) is 26.2 Å². The molecule has 23 heavy (non-hydrogen) atoms. The van der Waals surface area contributed by atoms with Gasteiger partial charge < -0.3 is 19.7 Å². The molecule has 126 valence electrons. The van der Waals surface area contributed by atoms with Crippen molar-refractivity contribution in [3.63, 3.8) is 0 Å². The standard InChI is InChI=1S/C17H22O6/c1-8-4-5-12-15(14-9(2)13(19)6-11(8)14)23-16(20)17(12,21)7-22-10(3)18/h11-15,19,21H,1-2,4-7H2,3H3/t11-,12-,13-,14-,15+,17+/m1/s1. The van der Waals surface area contributed by atoms with Crippen LogP contribution in [-0.2, 0) is 19.1 Å². The Kier molecular flexibility index (Phi) is 3.84. The van der Waals surface area contributed by atoms with Gasteiger partial charge in [-0.3, -0.25) is 4.79 Å². The third kappa shape index (κ3) is 2.40. The van der Waals surface area contributed by atoms with Crippen LogP contribution in [0.2, 0.25) is 0 Å². The zero-order valence-corrected chi connectivity index (χ0v) is 13.2. The summed E-state index contributed by atoms with van der Waals surface area (Å²) < 4.78 is 10.4. The summed E-state index contributed by atoms with van der Waals surface area (Å²) in [6.45, 7) is 8.86. The zero-order chi connectivity index (χ0) is 16.9. The van der Waals surface area contributed by atoms with Gasteiger partial charge in [-0.2, -0.15) is 0 Å². The molecule has 0 aromatic carbocycles. The second-order valence-electron chi connectivity index (χ2n) is 6.84. The highest BCUT2D eigenvalue weighted by Crippen LogP contribution is 2.53. The minimum Gasteiger partial charge on any atom is -0.462 e. The highest BCUT2D eigenvalue weighted by atomic mass is 16.6. The molecule has 1 heterocycles. The lowest BCUT2D eigenvalue weighted by Crippen LogP contribution is -2.47. The third-order valence-corrected chi connectivity index (χ3v) is 5.52. The average Bonchev–Trinajstić information content (AvgIpc) is 2.85. The average molecular weight is 322 g/mol. The molecular weight excluding hydrogens is 300 g/mol. The van der Waals surface area contributed by atoms with E-state index in [9.17, 15) is 19.8 Å². The molecule has 3 rings (SSSR count). The lowest BCUT2D eigenvalue weighted by Gasteiger charge is -2.29. The summed E-state index contributed by atoms with van der Waals surface area (Å²) >= 11 is 0. The van der Waals surface area contributed by atoms with E-state index in [0.29, 0.717) is 24.8 Å². The zero-order valence-electron chi connectivity index (χ0n) is 13.2. The molecule has 0 radical (unpaired) electrons. The smallest absolute Gasteiger partial charge is 0.342 e. The van der Waals surface area contributed by atoms with Gasteiger partial charge in [-0.1, -0.05) is 18.7 Å². The Morgan fingerprint density at radius 2 is 2.17 bits per heavy atom. The van der Waals surface area contributed by atoms with Crippen LogP contribution in [0.3, 0.4) is 0 Å². The molecule has 0 spiro atoms. The van der Waals surface area contributed by atoms with Gasteiger partial charge in [-0.05, 0) is 30.8 Å². The molecule has 2 aliphatic carbocycles. The molecule has 0 bridgehead atoms. The van der Waals surface area contributed by atoms with Gasteiger partial charge in [-0.15, -0.1) is 0 Å². The minimum atomic E-state index is -1.85. The largest absolute Gasteiger partial charge is 0.462 e. The van der Waals surface area contributed by atoms with Crippen molar-refractivity contribution in [2.45, 2.75) is 44.0 Å². The predicted octanol–water partition coefficient (Wildman–Crippen LogP) is 0.725. The summed E-state index contributed by atoms with van der Waals surface area (Å²) in [7, 11) is 0. The van der Waals surface area contributed by atoms with Crippen molar-refractivity contribution in [3.8, 4) is 0 Å². The number of esters is 2. The molecule has 2 N–H and O–H groups in total. The molecule has 0 aromatic heterocycles. The maximum atomic E-state index is 12.3. The van der Waals surface area contributed by atoms with Gasteiger partial charge in [0, 0.05) is 18.8 Å². The first-order chi connectivity index (χ1) is 10.8. The first-order valence-corrected chi connectivity index (χ1v) is 7.87. The fourth-order valence-corrected chi connectivity index (χ4v) is 4.24. The number of hydrogen-bond donors (Lipinski definition) is 2. The van der Waals surface area contributed by atoms with Gasteiger partial charge in [0.2, 0.25) is 5.60 Å². The van der Waals surface area contributed by atoms with Crippen molar-refractivity contribution in [2.75, 3.05) is 6.61 Å². The van der Waals surface area contributed by atoms with Crippen LogP contribution in [0.25, 0.3) is 0 Å². The van der Waals surface area contributed by atoms with E-state index in [1.807, 2.05) is 0 Å². The molecular formula is C17H22O6. The molecule has 6 nitrogen and oxygen atoms in total. The van der Waals surface area contributed by atoms with Gasteiger partial charge in [0.15, 0.2) is 0 Å². The normalized spacial score (nSPS) is 42.7. The van der Waals surface area contributed by atoms with Crippen LogP contribution in [0, 0.1) is 17.8 Å². The predicted molar refractivity (Wildman–Crippen MR) is 80.1 cm³/mol. The number of hydrogen-bond acceptors (Lipinski definition) is 6. The van der Waals surface area contributed by atoms with Crippen molar-refractivity contribution in [1.82, 2.24) is 0 Å². The molecule has 1 aliphatic heterocycles. The minimum absolute atomic E-state index is 0.00336. The summed E-state index contributed by atoms with van der Waals surface area (Å²) in [5.41, 5.74) is -0.246. The Bertz CT molecular complexity index is 582. The molecule has 2 saturated carbocycles. The second-order valence-corrected chi connectivity index (χ2v) is 6.84. The second kappa shape index (κ2) is 5.46. The number of carbonyl (C=O) groups excluding carboxylic acids is 2. The molecule has 3 aliphatic rings. The molecule has 0 amide bonds. The number of ether oxygens (including phenoxy) is 2. The molecule has 0 unspecified atom stereocenters. The Morgan fingerprint density at radius 3 is 2.83 bits per heavy atom. The number of rotatable bonds is 2. The van der Waals surface area contributed by atoms with Crippen molar-refractivity contribution in [3.05, 3.63) is 24.3 Å². The Labute approximate surface area is 134 Å². The van der Waals surface area contributed by atoms with Crippen molar-refractivity contribution in [2.24, 2.45) is 17.8 Å². The van der Waals surface area contributed by atoms with Gasteiger partial charge in [-0.25, -0.2) is 4.79 Å². The first-order valence-electron chi connectivity index (χ1n) is 7.87. The molecule has 3 fully saturated rings. The first kappa shape index (κ1) is 16.2. The van der Waals surface area contributed by atoms with E-state index in [4.69, 9.17) is 9.47 Å². The monoisotopic (exact) mass is 322 g/mol. The number of carbonyl (C=O) groups is 2. The number of fused-ring (bicyclic) bond motifs is 3. The number of aliphatic hydroxyl groups excluding tert-OH is 1. The van der Waals surface area contributed by atoms with Crippen LogP contribution in [0.5, 0.6) is 0 Å². The Balaban J connectivity index is 1.93. The summed E-state index contributed by atoms with van der Waals surface area (Å²) in [4.78, 5) is 23.3. The van der Waals surface area contributed by atoms with Crippen LogP contribution in [0.4, 0.5) is 0 Å². The van der Waals surface area contributed by atoms with E-state index in [2.05, 4.69) is 13.2 Å². The highest BCUT2D eigenvalue weighted by Gasteiger charge is 2.62. The van der Waals surface area contributed by atoms with Crippen molar-refractivity contribution in [1.29, 1.82) is 0 Å². The Morgan fingerprint density at radius 1 is 1.48 bits per heavy atom. The van der Waals surface area contributed by atoms with E-state index in [1.54, 1.807) is 0 Å². The number of allylic oxidation sites excluding steroid dienone is 1. The van der Waals surface area contributed by atoms with Crippen molar-refractivity contribution < 1.29 is 29.3 Å². The lowest BCUT2D eigenvalue weighted by molar-refractivity contribution is -0.166. The van der Waals surface area contributed by atoms with Crippen LogP contribution >= 0.6 is 0 Å². The van der Waals surface area contributed by atoms with E-state index in [1.165, 1.54) is 6.92 Å². The van der Waals surface area contributed by atoms with Crippen LogP contribution in [0.15, 0.2) is 24.3 Å². The third-order valence-electron chi connectivity index (χ3n) is 5.52. The maximum Gasteiger partial charge on any atom is 0.342 e. The summed E-state index contributed by atoms with van der Waals surface area (Å²) in [5, 5.41) is 20.9. The van der Waals surface area contributed by atoms with Gasteiger partial charge >= 0.3 is 11.9 Å². The fourth-order valence-electron chi connectivity index (χ4n) is 4.24. The van der Waals surface area contributed by atoms with E-state index in [0.717, 1.165) is 5.57 Å². The highest BCUT2D eigenvalue weighted by molar-refractivity contribution is 5.83. The lowest BCUT2D eigenvalue weighted by atomic mass is 9.78. The molecule has 6 heteroatoms. The van der Waals surface area contributed by atoms with Gasteiger partial charge in [0.25, 0.3) is 0 Å². The van der Waals surface area contributed by atoms with Crippen LogP contribution in [-0.4, -0.2) is 46.6 Å². The topological polar surface area (TPSA) is 93.1 Å².